The first-order valence-corrected chi connectivity index (χ1v) is 53.2. The number of unbranched alkanes of at least 4 members (excludes halogenated alkanes) is 1. The lowest BCUT2D eigenvalue weighted by Gasteiger charge is -2.63. The highest BCUT2D eigenvalue weighted by Crippen LogP contribution is 2.68. The normalized spacial score (nSPS) is 23.2. The Labute approximate surface area is 874 Å². The van der Waals surface area contributed by atoms with Crippen LogP contribution in [-0.2, 0) is 122 Å². The zero-order valence-corrected chi connectivity index (χ0v) is 90.2. The molecule has 14 unspecified atom stereocenters. The number of aryl methyl sites for hydroxylation is 1. The first-order valence-electron chi connectivity index (χ1n) is 51.1. The zero-order valence-electron chi connectivity index (χ0n) is 88.6. The molecule has 6 aliphatic rings. The Balaban J connectivity index is 0.000000392. The third kappa shape index (κ3) is 35.3. The molecule has 13 N–H and O–H groups in total. The number of carbonyl (C=O) groups excluding carboxylic acids is 10. The number of piperidine rings is 1. The van der Waals surface area contributed by atoms with Crippen molar-refractivity contribution in [3.05, 3.63) is 105 Å². The second-order valence-electron chi connectivity index (χ2n) is 38.8. The van der Waals surface area contributed by atoms with Gasteiger partial charge in [0.1, 0.15) is 42.4 Å². The lowest BCUT2D eigenvalue weighted by atomic mass is 9.47. The lowest BCUT2D eigenvalue weighted by molar-refractivity contribution is -0.385. The van der Waals surface area contributed by atoms with Crippen LogP contribution in [-0.4, -0.2) is 354 Å². The van der Waals surface area contributed by atoms with Crippen molar-refractivity contribution < 1.29 is 156 Å². The number of ether oxygens (including phenoxy) is 11. The number of aliphatic hydroxyl groups excluding tert-OH is 6. The highest BCUT2D eigenvalue weighted by Gasteiger charge is 2.78. The number of carboxylic acids is 1. The van der Waals surface area contributed by atoms with Crippen molar-refractivity contribution in [1.29, 1.82) is 0 Å². The number of fused-ring (bicyclic) bond motifs is 6. The molecule has 832 valence electrons. The van der Waals surface area contributed by atoms with Gasteiger partial charge in [-0.1, -0.05) is 88.8 Å². The fourth-order valence-corrected chi connectivity index (χ4v) is 22.3. The number of H-pyrrole nitrogens is 1. The number of amides is 3. The minimum absolute atomic E-state index is 0.0183. The van der Waals surface area contributed by atoms with Gasteiger partial charge in [0.15, 0.2) is 36.5 Å². The largest absolute Gasteiger partial charge is 0.481 e. The summed E-state index contributed by atoms with van der Waals surface area (Å²) in [6.45, 7) is 24.8. The second-order valence-corrected chi connectivity index (χ2v) is 41.5. The molecule has 7 heterocycles. The van der Waals surface area contributed by atoms with Gasteiger partial charge in [0.25, 0.3) is 5.69 Å². The van der Waals surface area contributed by atoms with Crippen molar-refractivity contribution in [1.82, 2.24) is 35.7 Å². The van der Waals surface area contributed by atoms with Crippen LogP contribution in [0.5, 0.6) is 0 Å². The summed E-state index contributed by atoms with van der Waals surface area (Å²) in [4.78, 5) is 153. The molecule has 0 radical (unpaired) electrons. The molecule has 4 aromatic rings. The van der Waals surface area contributed by atoms with Crippen LogP contribution in [0.1, 0.15) is 238 Å². The average Bonchev–Trinajstić information content (AvgIpc) is 1.48. The van der Waals surface area contributed by atoms with Crippen LogP contribution >= 0.6 is 21.6 Å². The molecule has 2 bridgehead atoms. The molecule has 5 aliphatic heterocycles. The van der Waals surface area contributed by atoms with E-state index < -0.39 is 128 Å². The number of aliphatic hydroxyl groups is 8. The number of esters is 3. The summed E-state index contributed by atoms with van der Waals surface area (Å²) in [6, 6.07) is 14.3. The molecule has 2 saturated heterocycles. The highest BCUT2D eigenvalue weighted by atomic mass is 33.1. The SMILES string of the molecule is CCC(CO)OC(CCC(=O)CCC(=O)O)OC.CCC(CO)OC(CO)OC.CCC(CO)OC(COC(=O)CCC(=O)NCCCNC(=O)C(C)(C)SSc1ccc([N+](=O)[O-])cn1)OC.CCC(CO)OC(COC(=O)CCCC(=O)NC(C)C(=O)OCCCCC(=O)[C@]1(O)C2N(C)c3cc(C)c([C@@]4(C)CC5CN(CCc6c4[nH]c4ccccc64)CC(O)(CC)C5)cc3[C@@]23CCN2CC=C[C@](CC)(C23)[C@H]1O)OC.O=C=O. The highest BCUT2D eigenvalue weighted by molar-refractivity contribution is 8.77. The Morgan fingerprint density at radius 3 is 1.83 bits per heavy atom. The van der Waals surface area contributed by atoms with Crippen LogP contribution < -0.4 is 20.9 Å². The lowest BCUT2D eigenvalue weighted by Crippen LogP contribution is -2.80. The number of aliphatic carboxylic acids is 1. The van der Waals surface area contributed by atoms with Gasteiger partial charge in [0.05, 0.1) is 98.2 Å². The van der Waals surface area contributed by atoms with Gasteiger partial charge < -0.3 is 124 Å². The number of aromatic amines is 1. The number of aromatic nitrogens is 2. The maximum Gasteiger partial charge on any atom is 0.373 e. The number of carbonyl (C=O) groups is 9. The minimum Gasteiger partial charge on any atom is -0.481 e. The smallest absolute Gasteiger partial charge is 0.373 e. The number of methoxy groups -OCH3 is 4. The molecule has 148 heavy (non-hydrogen) atoms. The van der Waals surface area contributed by atoms with Crippen molar-refractivity contribution in [2.24, 2.45) is 11.3 Å². The summed E-state index contributed by atoms with van der Waals surface area (Å²) in [6.07, 6.45) is 8.25. The first kappa shape index (κ1) is 128. The summed E-state index contributed by atoms with van der Waals surface area (Å²) in [5, 5.41) is 112. The molecule has 1 saturated carbocycles. The van der Waals surface area contributed by atoms with Crippen LogP contribution in [0.3, 0.4) is 0 Å². The molecule has 19 atom stereocenters. The first-order chi connectivity index (χ1) is 70.5. The predicted molar refractivity (Wildman–Crippen MR) is 548 cm³/mol. The van der Waals surface area contributed by atoms with E-state index in [9.17, 15) is 68.9 Å². The summed E-state index contributed by atoms with van der Waals surface area (Å²) >= 11 is 0. The van der Waals surface area contributed by atoms with Crippen LogP contribution in [0.25, 0.3) is 10.9 Å². The van der Waals surface area contributed by atoms with Crippen molar-refractivity contribution >= 4 is 103 Å². The predicted octanol–water partition coefficient (Wildman–Crippen LogP) is 7.98. The zero-order chi connectivity index (χ0) is 110. The van der Waals surface area contributed by atoms with E-state index in [0.29, 0.717) is 95.4 Å². The molecule has 44 heteroatoms. The van der Waals surface area contributed by atoms with E-state index in [1.807, 2.05) is 34.7 Å². The topological polar surface area (TPSA) is 589 Å². The van der Waals surface area contributed by atoms with Gasteiger partial charge in [-0.25, -0.2) is 9.78 Å². The number of nitro groups is 1. The van der Waals surface area contributed by atoms with Crippen LogP contribution in [0.15, 0.2) is 71.9 Å². The molecule has 3 amide bonds. The number of ketones is 2. The fourth-order valence-electron chi connectivity index (χ4n) is 20.3. The van der Waals surface area contributed by atoms with E-state index in [2.05, 4.69) is 117 Å². The molecule has 10 rings (SSSR count). The quantitative estimate of drug-likeness (QED) is 0.00291. The number of hydrogen-bond donors (Lipinski definition) is 13. The van der Waals surface area contributed by atoms with Gasteiger partial charge in [-0.15, -0.1) is 0 Å². The molecule has 42 nitrogen and oxygen atoms in total. The van der Waals surface area contributed by atoms with Gasteiger partial charge >= 0.3 is 30.0 Å². The van der Waals surface area contributed by atoms with Crippen LogP contribution in [0, 0.1) is 28.4 Å². The third-order valence-electron chi connectivity index (χ3n) is 28.3. The number of rotatable bonds is 58. The number of nitrogens with one attached hydrogen (secondary N) is 4. The molecule has 3 fully saturated rings. The fraction of sp³-hybridized carbons (Fsp3) is 0.702. The van der Waals surface area contributed by atoms with Crippen molar-refractivity contribution in [3.8, 4) is 0 Å². The standard InChI is InChI=1S/C61H87N5O12.C23H36N4O9S2.C12H22O6.C7H16O4.CO2/c1-9-41(35-67)78-51(75-8)36-77-50(70)22-16-21-49(69)62-39(5)53(71)76-29-15-14-20-48(68)61(74)55-60(25-28-66-26-17-24-59(11-3,54(60)66)56(61)72)45-31-44(38(4)30-47(45)64(55)7)57(6)32-40-33-58(73,10-2)37-65(34-40)27-23-43-42-18-12-13-19-46(42)63-52(43)57;1-5-17(14-28)36-21(34-4)15-35-20(30)10-8-18(29)24-11-6-12-25-22(31)23(2,3)38-37-19-9-7-16(13-26-19)27(32)33;1-3-10(8-13)18-12(17-2)7-5-9(14)4-6-11(15)16;1-3-6(4-8)11-7(5-9)10-2;2-1-3/h12-13,17-19,24,30-31,39-41,51,54-56,63,67,72-74H,9-11,14-16,20-23,25-29,32-37H2,1-8H3,(H,62,69);7,9,13,17,21,28H,5-6,8,10-12,14-15H2,1-4H3,(H,24,29)(H,25,31);10,12-13H,3-8H2,1-2H3,(H,15,16);6-9H,3-5H2,1-2H3;/t39?,40?,41?,51?,54?,55?,56-,57-,58?,59-,60-,61+;;;;/m1..../s1. The van der Waals surface area contributed by atoms with Gasteiger partial charge in [-0.05, 0) is 188 Å². The number of hydrogen-bond acceptors (Lipinski definition) is 38. The molecule has 1 spiro atoms. The maximum absolute atomic E-state index is 15.2. The molecule has 2 aromatic heterocycles. The summed E-state index contributed by atoms with van der Waals surface area (Å²) < 4.78 is 56.7. The monoisotopic (exact) mass is 2130 g/mol. The number of anilines is 1. The number of benzene rings is 2. The average molecular weight is 2130 g/mol. The van der Waals surface area contributed by atoms with E-state index in [4.69, 9.17) is 87.2 Å². The Kier molecular flexibility index (Phi) is 54.3. The van der Waals surface area contributed by atoms with Crippen molar-refractivity contribution in [2.75, 3.05) is 139 Å². The number of pyridine rings is 1. The van der Waals surface area contributed by atoms with E-state index in [0.717, 1.165) is 61.2 Å². The minimum atomic E-state index is -2.17. The third-order valence-corrected chi connectivity index (χ3v) is 31.4. The Bertz CT molecular complexity index is 4890. The van der Waals surface area contributed by atoms with E-state index in [-0.39, 0.29) is 171 Å². The van der Waals surface area contributed by atoms with Gasteiger partial charge in [0, 0.05) is 170 Å². The van der Waals surface area contributed by atoms with Crippen molar-refractivity contribution in [2.45, 2.75) is 329 Å². The molecule has 2 aromatic carbocycles. The maximum atomic E-state index is 15.2. The Hall–Kier alpha value is -8.94. The summed E-state index contributed by atoms with van der Waals surface area (Å²) in [7, 11) is 10.2. The molecule has 1 aliphatic carbocycles. The molecular formula is C104H161N9O33S2. The second kappa shape index (κ2) is 62.9. The number of para-hydroxylation sites is 1. The van der Waals surface area contributed by atoms with Gasteiger partial charge in [0.2, 0.25) is 17.7 Å². The van der Waals surface area contributed by atoms with Crippen LogP contribution in [0.2, 0.25) is 0 Å². The Morgan fingerprint density at radius 2 is 1.27 bits per heavy atom. The van der Waals surface area contributed by atoms with Gasteiger partial charge in [-0.2, -0.15) is 9.59 Å². The summed E-state index contributed by atoms with van der Waals surface area (Å²) in [5.74, 6) is -4.03. The number of carboxylic acid groups (broad SMARTS) is 1. The summed E-state index contributed by atoms with van der Waals surface area (Å²) in [5.41, 5.74) is 2.83. The Morgan fingerprint density at radius 1 is 0.676 bits per heavy atom. The van der Waals surface area contributed by atoms with Gasteiger partial charge in [-0.3, -0.25) is 58.3 Å². The van der Waals surface area contributed by atoms with Crippen LogP contribution in [0.4, 0.5) is 11.4 Å². The van der Waals surface area contributed by atoms with Crippen molar-refractivity contribution in [3.63, 3.8) is 0 Å². The number of Topliss-reactive ketones (excluding diaryl/α,β-unsaturated/α-hetero) is 2. The number of nitrogens with zero attached hydrogens (tertiary/aromatic N) is 5. The van der Waals surface area contributed by atoms with E-state index in [1.54, 1.807) is 13.8 Å². The van der Waals surface area contributed by atoms with E-state index in [1.165, 1.54) is 97.5 Å². The number of likely N-dealkylation sites (N-methyl/N-ethyl adjacent to an activating group) is 1. The molecular weight excluding hydrogens is 1970 g/mol. The van der Waals surface area contributed by atoms with E-state index >= 15 is 4.79 Å².